The van der Waals surface area contributed by atoms with Gasteiger partial charge < -0.3 is 25.2 Å². The fraction of sp³-hybridized carbons (Fsp3) is 0.588. The summed E-state index contributed by atoms with van der Waals surface area (Å²) in [6, 6.07) is 8.11. The standard InChI is InChI=1S/C17H28N4O2/c1-14(13-23-3)19-17(22)18-12-15-6-4-5-7-16(15)21-10-8-20(2)9-11-21/h4-7,14H,8-13H2,1-3H3,(H2,18,19,22). The molecule has 2 N–H and O–H groups in total. The molecule has 0 bridgehead atoms. The number of anilines is 1. The minimum Gasteiger partial charge on any atom is -0.383 e. The quantitative estimate of drug-likeness (QED) is 0.829. The van der Waals surface area contributed by atoms with Crippen LogP contribution < -0.4 is 15.5 Å². The molecule has 0 aliphatic carbocycles. The van der Waals surface area contributed by atoms with Crippen LogP contribution in [0.2, 0.25) is 0 Å². The number of urea groups is 1. The molecule has 1 aromatic carbocycles. The lowest BCUT2D eigenvalue weighted by molar-refractivity contribution is 0.171. The third-order valence-corrected chi connectivity index (χ3v) is 4.07. The molecule has 0 spiro atoms. The first kappa shape index (κ1) is 17.6. The molecule has 1 atom stereocenters. The van der Waals surface area contributed by atoms with Crippen LogP contribution in [0.25, 0.3) is 0 Å². The predicted molar refractivity (Wildman–Crippen MR) is 92.9 cm³/mol. The number of ether oxygens (including phenoxy) is 1. The monoisotopic (exact) mass is 320 g/mol. The van der Waals surface area contributed by atoms with Gasteiger partial charge in [0.2, 0.25) is 0 Å². The number of hydrogen-bond donors (Lipinski definition) is 2. The Balaban J connectivity index is 1.91. The van der Waals surface area contributed by atoms with E-state index in [0.717, 1.165) is 31.7 Å². The molecule has 0 aromatic heterocycles. The molecule has 0 saturated carbocycles. The number of para-hydroxylation sites is 1. The minimum atomic E-state index is -0.164. The van der Waals surface area contributed by atoms with Crippen LogP contribution in [-0.4, -0.2) is 63.9 Å². The number of nitrogens with one attached hydrogen (secondary N) is 2. The first-order valence-electron chi connectivity index (χ1n) is 8.15. The van der Waals surface area contributed by atoms with Crippen LogP contribution >= 0.6 is 0 Å². The summed E-state index contributed by atoms with van der Waals surface area (Å²) in [5.41, 5.74) is 2.36. The van der Waals surface area contributed by atoms with Gasteiger partial charge in [0.15, 0.2) is 0 Å². The van der Waals surface area contributed by atoms with Gasteiger partial charge in [0.1, 0.15) is 0 Å². The Labute approximate surface area is 138 Å². The van der Waals surface area contributed by atoms with Crippen molar-refractivity contribution in [2.45, 2.75) is 19.5 Å². The van der Waals surface area contributed by atoms with Crippen LogP contribution in [0.1, 0.15) is 12.5 Å². The number of carbonyl (C=O) groups is 1. The van der Waals surface area contributed by atoms with Crippen LogP contribution in [0.5, 0.6) is 0 Å². The fourth-order valence-corrected chi connectivity index (χ4v) is 2.76. The van der Waals surface area contributed by atoms with Crippen molar-refractivity contribution in [3.05, 3.63) is 29.8 Å². The topological polar surface area (TPSA) is 56.8 Å². The highest BCUT2D eigenvalue weighted by molar-refractivity contribution is 5.74. The van der Waals surface area contributed by atoms with E-state index < -0.39 is 0 Å². The lowest BCUT2D eigenvalue weighted by Crippen LogP contribution is -2.45. The molecular formula is C17H28N4O2. The van der Waals surface area contributed by atoms with Crippen molar-refractivity contribution in [2.24, 2.45) is 0 Å². The van der Waals surface area contributed by atoms with E-state index in [1.807, 2.05) is 13.0 Å². The summed E-state index contributed by atoms with van der Waals surface area (Å²) in [6.07, 6.45) is 0. The van der Waals surface area contributed by atoms with Gasteiger partial charge in [-0.2, -0.15) is 0 Å². The zero-order valence-corrected chi connectivity index (χ0v) is 14.3. The van der Waals surface area contributed by atoms with Crippen LogP contribution in [0.3, 0.4) is 0 Å². The van der Waals surface area contributed by atoms with Crippen molar-refractivity contribution in [1.29, 1.82) is 0 Å². The number of piperazine rings is 1. The number of benzene rings is 1. The molecule has 1 aliphatic heterocycles. The summed E-state index contributed by atoms with van der Waals surface area (Å²) in [5.74, 6) is 0. The number of likely N-dealkylation sites (N-methyl/N-ethyl adjacent to an activating group) is 1. The Morgan fingerprint density at radius 1 is 1.26 bits per heavy atom. The maximum atomic E-state index is 11.9. The van der Waals surface area contributed by atoms with Crippen LogP contribution in [0.4, 0.5) is 10.5 Å². The highest BCUT2D eigenvalue weighted by Gasteiger charge is 2.17. The second-order valence-corrected chi connectivity index (χ2v) is 6.10. The molecule has 1 heterocycles. The van der Waals surface area contributed by atoms with Crippen molar-refractivity contribution in [1.82, 2.24) is 15.5 Å². The van der Waals surface area contributed by atoms with E-state index >= 15 is 0 Å². The third kappa shape index (κ3) is 5.41. The normalized spacial score (nSPS) is 16.9. The Bertz CT molecular complexity index is 501. The highest BCUT2D eigenvalue weighted by atomic mass is 16.5. The predicted octanol–water partition coefficient (Wildman–Crippen LogP) is 1.27. The molecule has 2 rings (SSSR count). The van der Waals surface area contributed by atoms with E-state index in [9.17, 15) is 4.79 Å². The van der Waals surface area contributed by atoms with Gasteiger partial charge in [-0.05, 0) is 25.6 Å². The molecule has 1 unspecified atom stereocenters. The molecule has 0 radical (unpaired) electrons. The minimum absolute atomic E-state index is 0.00660. The Kier molecular flexibility index (Phi) is 6.67. The number of hydrogen-bond acceptors (Lipinski definition) is 4. The molecule has 128 valence electrons. The molecule has 6 heteroatoms. The second-order valence-electron chi connectivity index (χ2n) is 6.10. The van der Waals surface area contributed by atoms with E-state index in [1.165, 1.54) is 5.69 Å². The molecule has 1 fully saturated rings. The summed E-state index contributed by atoms with van der Waals surface area (Å²) in [4.78, 5) is 16.7. The molecular weight excluding hydrogens is 292 g/mol. The summed E-state index contributed by atoms with van der Waals surface area (Å²) >= 11 is 0. The van der Waals surface area contributed by atoms with E-state index in [-0.39, 0.29) is 12.1 Å². The van der Waals surface area contributed by atoms with Gasteiger partial charge in [-0.1, -0.05) is 18.2 Å². The van der Waals surface area contributed by atoms with Crippen LogP contribution in [0, 0.1) is 0 Å². The Hall–Kier alpha value is -1.79. The average Bonchev–Trinajstić information content (AvgIpc) is 2.54. The lowest BCUT2D eigenvalue weighted by atomic mass is 10.1. The summed E-state index contributed by atoms with van der Waals surface area (Å²) in [6.45, 7) is 7.11. The van der Waals surface area contributed by atoms with Crippen molar-refractivity contribution < 1.29 is 9.53 Å². The van der Waals surface area contributed by atoms with E-state index in [0.29, 0.717) is 13.2 Å². The summed E-state index contributed by atoms with van der Waals surface area (Å²) in [7, 11) is 3.78. The van der Waals surface area contributed by atoms with Crippen LogP contribution in [-0.2, 0) is 11.3 Å². The molecule has 6 nitrogen and oxygen atoms in total. The van der Waals surface area contributed by atoms with Gasteiger partial charge >= 0.3 is 6.03 Å². The number of methoxy groups -OCH3 is 1. The molecule has 23 heavy (non-hydrogen) atoms. The lowest BCUT2D eigenvalue weighted by Gasteiger charge is -2.35. The van der Waals surface area contributed by atoms with Gasteiger partial charge in [-0.25, -0.2) is 4.79 Å². The van der Waals surface area contributed by atoms with Crippen molar-refractivity contribution in [3.63, 3.8) is 0 Å². The maximum absolute atomic E-state index is 11.9. The second kappa shape index (κ2) is 8.74. The largest absolute Gasteiger partial charge is 0.383 e. The first-order valence-corrected chi connectivity index (χ1v) is 8.15. The number of carbonyl (C=O) groups excluding carboxylic acids is 1. The maximum Gasteiger partial charge on any atom is 0.315 e. The third-order valence-electron chi connectivity index (χ3n) is 4.07. The zero-order valence-electron chi connectivity index (χ0n) is 14.3. The van der Waals surface area contributed by atoms with Crippen molar-refractivity contribution in [3.8, 4) is 0 Å². The molecule has 2 amide bonds. The number of rotatable bonds is 6. The van der Waals surface area contributed by atoms with E-state index in [4.69, 9.17) is 4.74 Å². The zero-order chi connectivity index (χ0) is 16.7. The summed E-state index contributed by atoms with van der Waals surface area (Å²) in [5, 5.41) is 5.79. The number of amides is 2. The van der Waals surface area contributed by atoms with Crippen molar-refractivity contribution >= 4 is 11.7 Å². The highest BCUT2D eigenvalue weighted by Crippen LogP contribution is 2.21. The van der Waals surface area contributed by atoms with Gasteiger partial charge in [0.25, 0.3) is 0 Å². The average molecular weight is 320 g/mol. The summed E-state index contributed by atoms with van der Waals surface area (Å²) < 4.78 is 5.02. The fourth-order valence-electron chi connectivity index (χ4n) is 2.76. The van der Waals surface area contributed by atoms with E-state index in [1.54, 1.807) is 7.11 Å². The molecule has 1 aromatic rings. The van der Waals surface area contributed by atoms with Crippen LogP contribution in [0.15, 0.2) is 24.3 Å². The van der Waals surface area contributed by atoms with E-state index in [2.05, 4.69) is 45.7 Å². The van der Waals surface area contributed by atoms with Gasteiger partial charge in [-0.3, -0.25) is 0 Å². The van der Waals surface area contributed by atoms with Gasteiger partial charge in [0, 0.05) is 45.5 Å². The van der Waals surface area contributed by atoms with Gasteiger partial charge in [-0.15, -0.1) is 0 Å². The SMILES string of the molecule is COCC(C)NC(=O)NCc1ccccc1N1CCN(C)CC1. The smallest absolute Gasteiger partial charge is 0.315 e. The van der Waals surface area contributed by atoms with Gasteiger partial charge in [0.05, 0.1) is 12.6 Å². The Morgan fingerprint density at radius 2 is 1.96 bits per heavy atom. The number of nitrogens with zero attached hydrogens (tertiary/aromatic N) is 2. The molecule has 1 saturated heterocycles. The van der Waals surface area contributed by atoms with Crippen molar-refractivity contribution in [2.75, 3.05) is 51.8 Å². The molecule has 1 aliphatic rings. The Morgan fingerprint density at radius 3 is 2.65 bits per heavy atom. The first-order chi connectivity index (χ1) is 11.1.